The zero-order valence-corrected chi connectivity index (χ0v) is 32.1. The summed E-state index contributed by atoms with van der Waals surface area (Å²) in [6, 6.07) is 12.6. The van der Waals surface area contributed by atoms with Crippen LogP contribution in [0.4, 0.5) is 19.0 Å². The molecule has 2 bridgehead atoms. The molecule has 4 saturated heterocycles. The van der Waals surface area contributed by atoms with Crippen molar-refractivity contribution >= 4 is 37.6 Å². The largest absolute Gasteiger partial charge is 0.491 e. The summed E-state index contributed by atoms with van der Waals surface area (Å²) in [7, 11) is -4.04. The second kappa shape index (κ2) is 14.7. The number of rotatable bonds is 11. The first-order valence-corrected chi connectivity index (χ1v) is 20.6. The van der Waals surface area contributed by atoms with Crippen molar-refractivity contribution in [1.29, 1.82) is 0 Å². The molecule has 11 nitrogen and oxygen atoms in total. The number of anilines is 1. The van der Waals surface area contributed by atoms with E-state index in [0.29, 0.717) is 42.6 Å². The molecular weight excluding hydrogens is 758 g/mol. The maximum Gasteiger partial charge on any atom is 0.319 e. The van der Waals surface area contributed by atoms with Gasteiger partial charge in [0.05, 0.1) is 21.4 Å². The highest BCUT2D eigenvalue weighted by molar-refractivity contribution is 7.86. The molecule has 0 amide bonds. The minimum atomic E-state index is -4.04. The van der Waals surface area contributed by atoms with Crippen molar-refractivity contribution in [3.8, 4) is 35.4 Å². The standard InChI is InChI=1S/C42H41F3N6O5S/c1-3-32-35(44)12-7-26-17-30(54-15-16-56-57(52,53)31-10-5-25(2)6-11-31)18-33(36(26)32)38-37(45)39-34(20-46-38)40(50-22-28-8-9-29(23-50)47-28)49-41(48-39)55-24-42-13-4-14-51(42)21-27(43)19-42/h1,5-7,10-12,17-18,20,27-29,47H,4,8-9,13-16,19,21-24H2,2H3/t27-,28?,29?,42+/m1/s1. The van der Waals surface area contributed by atoms with Crippen LogP contribution in [0.1, 0.15) is 43.2 Å². The van der Waals surface area contributed by atoms with Gasteiger partial charge in [0, 0.05) is 55.3 Å². The van der Waals surface area contributed by atoms with E-state index in [1.54, 1.807) is 18.2 Å². The highest BCUT2D eigenvalue weighted by atomic mass is 32.2. The number of ether oxygens (including phenoxy) is 2. The van der Waals surface area contributed by atoms with Gasteiger partial charge in [-0.05, 0) is 74.9 Å². The molecule has 3 aromatic carbocycles. The number of hydrogen-bond acceptors (Lipinski definition) is 11. The monoisotopic (exact) mass is 798 g/mol. The van der Waals surface area contributed by atoms with E-state index in [2.05, 4.69) is 31.0 Å². The second-order valence-corrected chi connectivity index (χ2v) is 17.1. The molecule has 2 aromatic heterocycles. The Hall–Kier alpha value is -5.01. The van der Waals surface area contributed by atoms with Gasteiger partial charge in [0.2, 0.25) is 0 Å². The summed E-state index contributed by atoms with van der Waals surface area (Å²) < 4.78 is 90.1. The van der Waals surface area contributed by atoms with Crippen LogP contribution in [0, 0.1) is 30.9 Å². The number of terminal acetylenes is 1. The fraction of sp³-hybridized carbons (Fsp3) is 0.405. The first kappa shape index (κ1) is 37.6. The Bertz CT molecular complexity index is 2530. The van der Waals surface area contributed by atoms with Gasteiger partial charge in [-0.25, -0.2) is 13.2 Å². The lowest BCUT2D eigenvalue weighted by molar-refractivity contribution is 0.107. The molecule has 2 unspecified atom stereocenters. The Morgan fingerprint density at radius 3 is 2.58 bits per heavy atom. The molecule has 5 aromatic rings. The molecule has 0 spiro atoms. The van der Waals surface area contributed by atoms with Gasteiger partial charge in [-0.3, -0.25) is 14.1 Å². The third kappa shape index (κ3) is 7.02. The minimum absolute atomic E-state index is 0.0137. The lowest BCUT2D eigenvalue weighted by Crippen LogP contribution is -2.51. The Balaban J connectivity index is 1.09. The molecule has 57 heavy (non-hydrogen) atoms. The summed E-state index contributed by atoms with van der Waals surface area (Å²) >= 11 is 0. The Kier molecular flexibility index (Phi) is 9.71. The zero-order chi connectivity index (χ0) is 39.5. The first-order chi connectivity index (χ1) is 27.5. The average molecular weight is 799 g/mol. The molecule has 1 N–H and O–H groups in total. The van der Waals surface area contributed by atoms with E-state index in [0.717, 1.165) is 37.8 Å². The van der Waals surface area contributed by atoms with Gasteiger partial charge in [-0.2, -0.15) is 18.4 Å². The lowest BCUT2D eigenvalue weighted by Gasteiger charge is -2.34. The van der Waals surface area contributed by atoms with E-state index in [-0.39, 0.29) is 76.3 Å². The molecule has 4 aliphatic rings. The molecule has 9 rings (SSSR count). The normalized spacial score (nSPS) is 23.3. The molecule has 15 heteroatoms. The number of nitrogens with zero attached hydrogens (tertiary/aromatic N) is 5. The lowest BCUT2D eigenvalue weighted by atomic mass is 9.95. The Morgan fingerprint density at radius 2 is 1.81 bits per heavy atom. The third-order valence-corrected chi connectivity index (χ3v) is 13.1. The number of nitrogens with one attached hydrogen (secondary N) is 1. The van der Waals surface area contributed by atoms with Crippen LogP contribution in [0.25, 0.3) is 32.9 Å². The van der Waals surface area contributed by atoms with E-state index >= 15 is 8.78 Å². The number of benzene rings is 3. The average Bonchev–Trinajstić information content (AvgIpc) is 3.85. The topological polar surface area (TPSA) is 119 Å². The van der Waals surface area contributed by atoms with E-state index in [9.17, 15) is 12.8 Å². The molecule has 0 radical (unpaired) electrons. The van der Waals surface area contributed by atoms with Gasteiger partial charge in [0.25, 0.3) is 10.1 Å². The number of piperazine rings is 1. The highest BCUT2D eigenvalue weighted by Gasteiger charge is 2.49. The maximum atomic E-state index is 17.3. The van der Waals surface area contributed by atoms with Crippen LogP contribution in [0.15, 0.2) is 59.6 Å². The van der Waals surface area contributed by atoms with Gasteiger partial charge < -0.3 is 19.7 Å². The summed E-state index contributed by atoms with van der Waals surface area (Å²) in [4.78, 5) is 18.3. The molecule has 296 valence electrons. The number of aromatic nitrogens is 3. The summed E-state index contributed by atoms with van der Waals surface area (Å²) in [6.45, 7) is 3.96. The van der Waals surface area contributed by atoms with E-state index in [4.69, 9.17) is 25.1 Å². The zero-order valence-electron chi connectivity index (χ0n) is 31.3. The van der Waals surface area contributed by atoms with E-state index in [1.807, 2.05) is 6.92 Å². The van der Waals surface area contributed by atoms with Crippen molar-refractivity contribution in [2.45, 2.75) is 67.7 Å². The number of pyridine rings is 1. The fourth-order valence-electron chi connectivity index (χ4n) is 9.03. The van der Waals surface area contributed by atoms with Crippen molar-refractivity contribution in [2.24, 2.45) is 0 Å². The van der Waals surface area contributed by atoms with Crippen LogP contribution in [0.3, 0.4) is 0 Å². The van der Waals surface area contributed by atoms with Crippen LogP contribution in [-0.2, 0) is 14.3 Å². The maximum absolute atomic E-state index is 17.3. The summed E-state index contributed by atoms with van der Waals surface area (Å²) in [6.07, 6.45) is 10.5. The van der Waals surface area contributed by atoms with Gasteiger partial charge >= 0.3 is 6.01 Å². The minimum Gasteiger partial charge on any atom is -0.491 e. The fourth-order valence-corrected chi connectivity index (χ4v) is 9.93. The molecular formula is C42H41F3N6O5S. The summed E-state index contributed by atoms with van der Waals surface area (Å²) in [5.41, 5.74) is 0.277. The van der Waals surface area contributed by atoms with Gasteiger partial charge in [-0.15, -0.1) is 6.42 Å². The van der Waals surface area contributed by atoms with Crippen LogP contribution in [-0.4, -0.2) is 98.1 Å². The van der Waals surface area contributed by atoms with Crippen molar-refractivity contribution < 1.29 is 35.2 Å². The van der Waals surface area contributed by atoms with E-state index < -0.39 is 33.5 Å². The number of aryl methyl sites for hydroxylation is 1. The SMILES string of the molecule is C#Cc1c(F)ccc2cc(OCCOS(=O)(=O)c3ccc(C)cc3)cc(-c3ncc4c(N5CC6CCC(C5)N6)nc(OC[C@@]56CCCN5C[C@H](F)C6)nc4c3F)c12. The number of fused-ring (bicyclic) bond motifs is 5. The van der Waals surface area contributed by atoms with Crippen molar-refractivity contribution in [3.63, 3.8) is 0 Å². The van der Waals surface area contributed by atoms with Crippen LogP contribution < -0.4 is 19.7 Å². The predicted octanol–water partition coefficient (Wildman–Crippen LogP) is 6.09. The molecule has 4 atom stereocenters. The Morgan fingerprint density at radius 1 is 1.02 bits per heavy atom. The molecule has 4 fully saturated rings. The second-order valence-electron chi connectivity index (χ2n) is 15.5. The molecule has 0 saturated carbocycles. The van der Waals surface area contributed by atoms with Gasteiger partial charge in [-0.1, -0.05) is 29.7 Å². The van der Waals surface area contributed by atoms with Crippen LogP contribution in [0.5, 0.6) is 11.8 Å². The summed E-state index contributed by atoms with van der Waals surface area (Å²) in [5.74, 6) is 1.64. The Labute approximate surface area is 328 Å². The third-order valence-electron chi connectivity index (χ3n) is 11.7. The number of halogens is 3. The highest BCUT2D eigenvalue weighted by Crippen LogP contribution is 2.42. The van der Waals surface area contributed by atoms with Crippen LogP contribution >= 0.6 is 0 Å². The molecule has 0 aliphatic carbocycles. The quantitative estimate of drug-likeness (QED) is 0.0951. The van der Waals surface area contributed by atoms with Crippen LogP contribution in [0.2, 0.25) is 0 Å². The number of hydrogen-bond donors (Lipinski definition) is 1. The smallest absolute Gasteiger partial charge is 0.319 e. The van der Waals surface area contributed by atoms with E-state index in [1.165, 1.54) is 36.5 Å². The first-order valence-electron chi connectivity index (χ1n) is 19.2. The van der Waals surface area contributed by atoms with Gasteiger partial charge in [0.1, 0.15) is 54.6 Å². The molecule has 6 heterocycles. The van der Waals surface area contributed by atoms with Gasteiger partial charge in [0.15, 0.2) is 5.82 Å². The van der Waals surface area contributed by atoms with Crippen molar-refractivity contribution in [2.75, 3.05) is 50.9 Å². The van der Waals surface area contributed by atoms with Crippen molar-refractivity contribution in [1.82, 2.24) is 25.2 Å². The van der Waals surface area contributed by atoms with Crippen molar-refractivity contribution in [3.05, 3.63) is 77.5 Å². The summed E-state index contributed by atoms with van der Waals surface area (Å²) in [5, 5.41) is 4.67. The molecule has 4 aliphatic heterocycles. The predicted molar refractivity (Wildman–Crippen MR) is 209 cm³/mol. The number of alkyl halides is 1.